The molecule has 13 nitrogen and oxygen atoms in total. The molecule has 0 saturated carbocycles. The molecule has 40 heavy (non-hydrogen) atoms. The van der Waals surface area contributed by atoms with Gasteiger partial charge < -0.3 is 29.0 Å². The Morgan fingerprint density at radius 1 is 1.12 bits per heavy atom. The summed E-state index contributed by atoms with van der Waals surface area (Å²) in [6.45, 7) is 5.56. The molecule has 1 aliphatic heterocycles. The lowest BCUT2D eigenvalue weighted by Gasteiger charge is -2.28. The van der Waals surface area contributed by atoms with E-state index in [1.807, 2.05) is 20.8 Å². The van der Waals surface area contributed by atoms with Gasteiger partial charge in [0.2, 0.25) is 16.8 Å². The second-order valence-electron chi connectivity index (χ2n) is 9.10. The van der Waals surface area contributed by atoms with Crippen LogP contribution in [0, 0.1) is 12.3 Å². The maximum atomic E-state index is 12.4. The van der Waals surface area contributed by atoms with Crippen LogP contribution in [-0.4, -0.2) is 69.3 Å². The van der Waals surface area contributed by atoms with E-state index < -0.39 is 36.9 Å². The number of carbonyl (C=O) groups excluding carboxylic acids is 3. The number of hydrogen-bond donors (Lipinski definition) is 1. The molecule has 1 fully saturated rings. The molecule has 0 unspecified atom stereocenters. The Balaban J connectivity index is 1.88. The lowest BCUT2D eigenvalue weighted by Crippen LogP contribution is -2.45. The molecular formula is C26H34ClN5O8. The number of terminal acetylenes is 1. The minimum Gasteiger partial charge on any atom is -0.434 e. The SMILES string of the molecule is C#C[C@]1(COC(=O)OCCC)O[C@@H](n2cnc3c(NC(=O)CCCCC)nc(Cl)nc32)C[C@@H]1OC(=O)OCCC. The van der Waals surface area contributed by atoms with Gasteiger partial charge >= 0.3 is 12.3 Å². The number of anilines is 1. The molecule has 1 aliphatic rings. The largest absolute Gasteiger partial charge is 0.508 e. The van der Waals surface area contributed by atoms with Gasteiger partial charge in [-0.1, -0.05) is 39.5 Å². The molecule has 0 radical (unpaired) electrons. The number of imidazole rings is 1. The van der Waals surface area contributed by atoms with E-state index in [0.29, 0.717) is 19.3 Å². The van der Waals surface area contributed by atoms with Crippen molar-refractivity contribution in [2.45, 2.75) is 83.6 Å². The van der Waals surface area contributed by atoms with Gasteiger partial charge in [0.05, 0.1) is 19.5 Å². The minimum absolute atomic E-state index is 0.0323. The van der Waals surface area contributed by atoms with Crippen LogP contribution in [0.15, 0.2) is 6.33 Å². The minimum atomic E-state index is -1.68. The van der Waals surface area contributed by atoms with Crippen molar-refractivity contribution in [3.05, 3.63) is 11.6 Å². The molecule has 1 N–H and O–H groups in total. The summed E-state index contributed by atoms with van der Waals surface area (Å²) >= 11 is 6.18. The number of nitrogens with one attached hydrogen (secondary N) is 1. The fraction of sp³-hybridized carbons (Fsp3) is 0.615. The van der Waals surface area contributed by atoms with Gasteiger partial charge in [-0.05, 0) is 30.9 Å². The van der Waals surface area contributed by atoms with Crippen LogP contribution < -0.4 is 5.32 Å². The van der Waals surface area contributed by atoms with E-state index in [0.717, 1.165) is 19.3 Å². The lowest BCUT2D eigenvalue weighted by molar-refractivity contribution is -0.116. The Labute approximate surface area is 237 Å². The van der Waals surface area contributed by atoms with Crippen molar-refractivity contribution in [3.63, 3.8) is 0 Å². The fourth-order valence-electron chi connectivity index (χ4n) is 4.00. The molecule has 3 heterocycles. The Morgan fingerprint density at radius 3 is 2.52 bits per heavy atom. The van der Waals surface area contributed by atoms with E-state index >= 15 is 0 Å². The highest BCUT2D eigenvalue weighted by molar-refractivity contribution is 6.28. The molecule has 3 atom stereocenters. The predicted molar refractivity (Wildman–Crippen MR) is 144 cm³/mol. The zero-order valence-electron chi connectivity index (χ0n) is 22.8. The van der Waals surface area contributed by atoms with Crippen molar-refractivity contribution in [2.75, 3.05) is 25.1 Å². The molecule has 3 rings (SSSR count). The van der Waals surface area contributed by atoms with Gasteiger partial charge in [0, 0.05) is 12.8 Å². The standard InChI is InChI=1S/C26H34ClN5O8/c1-5-9-10-11-18(33)29-21-20-22(31-23(27)30-21)32(16-28-20)19-14-17(39-25(35)37-13-7-3)26(8-4,40-19)15-38-24(34)36-12-6-2/h4,16-17,19H,5-7,9-15H2,1-3H3,(H,29,30,31,33)/t17-,19+,26+/m0/s1. The Hall–Kier alpha value is -3.63. The molecule has 14 heteroatoms. The van der Waals surface area contributed by atoms with E-state index in [2.05, 4.69) is 26.2 Å². The first-order valence-electron chi connectivity index (χ1n) is 13.2. The predicted octanol–water partition coefficient (Wildman–Crippen LogP) is 4.78. The highest BCUT2D eigenvalue weighted by atomic mass is 35.5. The Morgan fingerprint density at radius 2 is 1.85 bits per heavy atom. The number of unbranched alkanes of at least 4 members (excludes halogenated alkanes) is 2. The maximum Gasteiger partial charge on any atom is 0.508 e. The number of amides is 1. The topological polar surface area (TPSA) is 153 Å². The van der Waals surface area contributed by atoms with Crippen molar-refractivity contribution in [2.24, 2.45) is 0 Å². The molecular weight excluding hydrogens is 546 g/mol. The van der Waals surface area contributed by atoms with Crippen molar-refractivity contribution < 1.29 is 38.1 Å². The van der Waals surface area contributed by atoms with Crippen LogP contribution in [0.4, 0.5) is 15.4 Å². The molecule has 0 aromatic carbocycles. The number of halogens is 1. The van der Waals surface area contributed by atoms with Crippen LogP contribution in [-0.2, 0) is 28.5 Å². The third-order valence-electron chi connectivity index (χ3n) is 5.99. The van der Waals surface area contributed by atoms with Crippen molar-refractivity contribution >= 4 is 46.8 Å². The van der Waals surface area contributed by atoms with Gasteiger partial charge in [0.15, 0.2) is 23.1 Å². The van der Waals surface area contributed by atoms with Crippen LogP contribution in [0.3, 0.4) is 0 Å². The molecule has 0 aliphatic carbocycles. The van der Waals surface area contributed by atoms with E-state index in [1.165, 1.54) is 10.9 Å². The van der Waals surface area contributed by atoms with Gasteiger partial charge in [0.25, 0.3) is 0 Å². The third kappa shape index (κ3) is 7.73. The van der Waals surface area contributed by atoms with E-state index in [4.69, 9.17) is 41.7 Å². The van der Waals surface area contributed by atoms with Crippen LogP contribution >= 0.6 is 11.6 Å². The average molecular weight is 580 g/mol. The van der Waals surface area contributed by atoms with Crippen LogP contribution in [0.5, 0.6) is 0 Å². The molecule has 1 saturated heterocycles. The summed E-state index contributed by atoms with van der Waals surface area (Å²) in [5.74, 6) is 2.40. The number of carbonyl (C=O) groups is 3. The molecule has 1 amide bonds. The van der Waals surface area contributed by atoms with Gasteiger partial charge in [-0.25, -0.2) is 14.6 Å². The Kier molecular flexibility index (Phi) is 11.3. The maximum absolute atomic E-state index is 12.4. The molecule has 0 spiro atoms. The number of ether oxygens (including phenoxy) is 5. The average Bonchev–Trinajstić information content (AvgIpc) is 3.51. The summed E-state index contributed by atoms with van der Waals surface area (Å²) in [7, 11) is 0. The van der Waals surface area contributed by atoms with Crippen molar-refractivity contribution in [1.82, 2.24) is 19.5 Å². The van der Waals surface area contributed by atoms with Crippen molar-refractivity contribution in [3.8, 4) is 12.3 Å². The first-order chi connectivity index (χ1) is 19.3. The quantitative estimate of drug-likeness (QED) is 0.151. The number of nitrogens with zero attached hydrogens (tertiary/aromatic N) is 4. The number of fused-ring (bicyclic) bond motifs is 1. The summed E-state index contributed by atoms with van der Waals surface area (Å²) in [6, 6.07) is 0. The smallest absolute Gasteiger partial charge is 0.434 e. The summed E-state index contributed by atoms with van der Waals surface area (Å²) in [5.41, 5.74) is -1.16. The molecule has 218 valence electrons. The summed E-state index contributed by atoms with van der Waals surface area (Å²) < 4.78 is 28.4. The molecule has 0 bridgehead atoms. The highest BCUT2D eigenvalue weighted by Gasteiger charge is 2.53. The van der Waals surface area contributed by atoms with E-state index in [-0.39, 0.29) is 47.8 Å². The lowest BCUT2D eigenvalue weighted by atomic mass is 9.98. The van der Waals surface area contributed by atoms with Gasteiger partial charge in [-0.3, -0.25) is 9.36 Å². The molecule has 2 aromatic heterocycles. The van der Waals surface area contributed by atoms with Gasteiger partial charge in [0.1, 0.15) is 12.8 Å². The number of rotatable bonds is 13. The second-order valence-corrected chi connectivity index (χ2v) is 9.44. The van der Waals surface area contributed by atoms with Crippen LogP contribution in [0.25, 0.3) is 11.2 Å². The van der Waals surface area contributed by atoms with Crippen molar-refractivity contribution in [1.29, 1.82) is 0 Å². The number of hydrogen-bond acceptors (Lipinski definition) is 11. The van der Waals surface area contributed by atoms with Crippen LogP contribution in [0.2, 0.25) is 5.28 Å². The zero-order chi connectivity index (χ0) is 29.1. The molecule has 2 aromatic rings. The van der Waals surface area contributed by atoms with E-state index in [9.17, 15) is 14.4 Å². The number of aromatic nitrogens is 4. The summed E-state index contributed by atoms with van der Waals surface area (Å²) in [6.07, 6.45) is 7.61. The van der Waals surface area contributed by atoms with Gasteiger partial charge in [-0.15, -0.1) is 6.42 Å². The monoisotopic (exact) mass is 579 g/mol. The first-order valence-corrected chi connectivity index (χ1v) is 13.6. The summed E-state index contributed by atoms with van der Waals surface area (Å²) in [4.78, 5) is 49.6. The highest BCUT2D eigenvalue weighted by Crippen LogP contribution is 2.40. The fourth-order valence-corrected chi connectivity index (χ4v) is 4.16. The van der Waals surface area contributed by atoms with Gasteiger partial charge in [-0.2, -0.15) is 9.97 Å². The van der Waals surface area contributed by atoms with E-state index in [1.54, 1.807) is 0 Å². The van der Waals surface area contributed by atoms with Crippen LogP contribution in [0.1, 0.15) is 71.9 Å². The third-order valence-corrected chi connectivity index (χ3v) is 6.16. The first kappa shape index (κ1) is 30.9. The zero-order valence-corrected chi connectivity index (χ0v) is 23.6. The Bertz CT molecular complexity index is 1230. The second kappa shape index (κ2) is 14.7. The summed E-state index contributed by atoms with van der Waals surface area (Å²) in [5, 5.41) is 2.61. The normalized spacial score (nSPS) is 20.1.